The second-order valence-electron chi connectivity index (χ2n) is 8.02. The smallest absolute Gasteiger partial charge is 0.0587 e. The standard InChI is InChI=1S/C24H31Cl2N.C2H3N/c1-3-27(16-15-19-7-5-4-6-8-19)18(2)9-10-20-11-13-21(14-12-20)22-17-23(25)24(22)26;1-2-3/h4-8,11-14,18,22-24H,3,9-10,15-17H2,1-2H3;1H3. The van der Waals surface area contributed by atoms with Crippen LogP contribution in [-0.4, -0.2) is 34.8 Å². The fourth-order valence-electron chi connectivity index (χ4n) is 3.98. The fourth-order valence-corrected chi connectivity index (χ4v) is 4.69. The first-order valence-electron chi connectivity index (χ1n) is 11.0. The molecule has 30 heavy (non-hydrogen) atoms. The van der Waals surface area contributed by atoms with Crippen molar-refractivity contribution in [3.05, 3.63) is 71.3 Å². The Morgan fingerprint density at radius 1 is 1.03 bits per heavy atom. The lowest BCUT2D eigenvalue weighted by Gasteiger charge is -2.37. The van der Waals surface area contributed by atoms with Gasteiger partial charge < -0.3 is 4.90 Å². The molecule has 0 amide bonds. The summed E-state index contributed by atoms with van der Waals surface area (Å²) in [5, 5.41) is 7.54. The average Bonchev–Trinajstić information content (AvgIpc) is 2.78. The van der Waals surface area contributed by atoms with Gasteiger partial charge in [0.1, 0.15) is 0 Å². The van der Waals surface area contributed by atoms with E-state index in [-0.39, 0.29) is 10.8 Å². The van der Waals surface area contributed by atoms with Crippen LogP contribution in [0.3, 0.4) is 0 Å². The van der Waals surface area contributed by atoms with Gasteiger partial charge in [-0.05, 0) is 55.8 Å². The molecule has 0 spiro atoms. The third kappa shape index (κ3) is 7.31. The van der Waals surface area contributed by atoms with Gasteiger partial charge >= 0.3 is 0 Å². The molecule has 1 aliphatic rings. The van der Waals surface area contributed by atoms with Crippen molar-refractivity contribution in [2.24, 2.45) is 0 Å². The molecule has 1 fully saturated rings. The Bertz CT molecular complexity index is 770. The van der Waals surface area contributed by atoms with Crippen molar-refractivity contribution >= 4 is 23.2 Å². The minimum atomic E-state index is 0.0836. The molecule has 0 saturated heterocycles. The van der Waals surface area contributed by atoms with Gasteiger partial charge in [0.2, 0.25) is 0 Å². The minimum absolute atomic E-state index is 0.0836. The number of halogens is 2. The van der Waals surface area contributed by atoms with Crippen LogP contribution in [0.1, 0.15) is 56.2 Å². The zero-order valence-electron chi connectivity index (χ0n) is 18.4. The lowest BCUT2D eigenvalue weighted by Crippen LogP contribution is -2.36. The van der Waals surface area contributed by atoms with Gasteiger partial charge in [-0.1, -0.05) is 61.5 Å². The Morgan fingerprint density at radius 3 is 2.17 bits per heavy atom. The van der Waals surface area contributed by atoms with Crippen LogP contribution in [-0.2, 0) is 12.8 Å². The summed E-state index contributed by atoms with van der Waals surface area (Å²) in [6.45, 7) is 8.28. The van der Waals surface area contributed by atoms with E-state index < -0.39 is 0 Å². The number of aryl methyl sites for hydroxylation is 1. The minimum Gasteiger partial charge on any atom is -0.301 e. The fraction of sp³-hybridized carbons (Fsp3) is 0.500. The van der Waals surface area contributed by atoms with Crippen molar-refractivity contribution in [2.45, 2.75) is 69.2 Å². The van der Waals surface area contributed by atoms with Crippen molar-refractivity contribution in [3.63, 3.8) is 0 Å². The maximum absolute atomic E-state index is 7.32. The molecular formula is C26H34Cl2N2. The molecule has 1 aliphatic carbocycles. The Labute approximate surface area is 192 Å². The molecule has 162 valence electrons. The third-order valence-corrected chi connectivity index (χ3v) is 7.21. The number of benzene rings is 2. The van der Waals surface area contributed by atoms with Gasteiger partial charge in [0.05, 0.1) is 16.8 Å². The highest BCUT2D eigenvalue weighted by molar-refractivity contribution is 6.31. The normalized spacial score (nSPS) is 21.2. The van der Waals surface area contributed by atoms with Crippen LogP contribution in [0.2, 0.25) is 0 Å². The molecule has 0 N–H and O–H groups in total. The highest BCUT2D eigenvalue weighted by Gasteiger charge is 2.39. The SMILES string of the molecule is CC#N.CCN(CCc1ccccc1)C(C)CCc1ccc(C2CC(Cl)C2Cl)cc1. The van der Waals surface area contributed by atoms with Crippen LogP contribution in [0.5, 0.6) is 0 Å². The number of rotatable bonds is 9. The Balaban J connectivity index is 0.00000101. The van der Waals surface area contributed by atoms with Gasteiger partial charge in [0, 0.05) is 25.4 Å². The predicted molar refractivity (Wildman–Crippen MR) is 130 cm³/mol. The molecule has 2 aromatic rings. The molecule has 0 heterocycles. The van der Waals surface area contributed by atoms with E-state index in [2.05, 4.69) is 73.3 Å². The maximum atomic E-state index is 7.32. The summed E-state index contributed by atoms with van der Waals surface area (Å²) in [6, 6.07) is 22.2. The van der Waals surface area contributed by atoms with Crippen LogP contribution in [0.4, 0.5) is 0 Å². The number of hydrogen-bond acceptors (Lipinski definition) is 2. The summed E-state index contributed by atoms with van der Waals surface area (Å²) in [7, 11) is 0. The molecule has 0 radical (unpaired) electrons. The summed E-state index contributed by atoms with van der Waals surface area (Å²) >= 11 is 12.5. The van der Waals surface area contributed by atoms with E-state index in [0.29, 0.717) is 12.0 Å². The van der Waals surface area contributed by atoms with Crippen molar-refractivity contribution in [2.75, 3.05) is 13.1 Å². The average molecular weight is 445 g/mol. The Kier molecular flexibility index (Phi) is 10.7. The summed E-state index contributed by atoms with van der Waals surface area (Å²) in [5.41, 5.74) is 4.17. The molecule has 0 bridgehead atoms. The first-order chi connectivity index (χ1) is 14.5. The number of nitriles is 1. The third-order valence-electron chi connectivity index (χ3n) is 6.03. The summed E-state index contributed by atoms with van der Waals surface area (Å²) in [5.74, 6) is 0.427. The first kappa shape index (κ1) is 24.7. The number of alkyl halides is 2. The zero-order valence-corrected chi connectivity index (χ0v) is 19.9. The van der Waals surface area contributed by atoms with Gasteiger partial charge in [0.15, 0.2) is 0 Å². The van der Waals surface area contributed by atoms with E-state index in [1.54, 1.807) is 6.07 Å². The highest BCUT2D eigenvalue weighted by Crippen LogP contribution is 2.44. The van der Waals surface area contributed by atoms with Crippen molar-refractivity contribution < 1.29 is 0 Å². The molecule has 3 rings (SSSR count). The van der Waals surface area contributed by atoms with Gasteiger partial charge in [-0.25, -0.2) is 0 Å². The van der Waals surface area contributed by atoms with Crippen molar-refractivity contribution in [1.82, 2.24) is 4.90 Å². The molecule has 0 aliphatic heterocycles. The molecular weight excluding hydrogens is 411 g/mol. The quantitative estimate of drug-likeness (QED) is 0.397. The van der Waals surface area contributed by atoms with Gasteiger partial charge in [-0.2, -0.15) is 5.26 Å². The monoisotopic (exact) mass is 444 g/mol. The van der Waals surface area contributed by atoms with Crippen LogP contribution in [0, 0.1) is 11.3 Å². The van der Waals surface area contributed by atoms with Gasteiger partial charge in [-0.15, -0.1) is 23.2 Å². The number of likely N-dealkylation sites (N-methyl/N-ethyl adjacent to an activating group) is 1. The predicted octanol–water partition coefficient (Wildman–Crippen LogP) is 6.80. The van der Waals surface area contributed by atoms with Crippen LogP contribution < -0.4 is 0 Å². The Morgan fingerprint density at radius 2 is 1.63 bits per heavy atom. The van der Waals surface area contributed by atoms with Crippen molar-refractivity contribution in [1.29, 1.82) is 5.26 Å². The molecule has 4 unspecified atom stereocenters. The molecule has 1 saturated carbocycles. The lowest BCUT2D eigenvalue weighted by molar-refractivity contribution is 0.212. The molecule has 4 atom stereocenters. The van der Waals surface area contributed by atoms with E-state index in [1.807, 2.05) is 0 Å². The van der Waals surface area contributed by atoms with E-state index in [4.69, 9.17) is 28.5 Å². The molecule has 2 nitrogen and oxygen atoms in total. The molecule has 0 aromatic heterocycles. The van der Waals surface area contributed by atoms with Crippen molar-refractivity contribution in [3.8, 4) is 6.07 Å². The second-order valence-corrected chi connectivity index (χ2v) is 9.08. The van der Waals surface area contributed by atoms with E-state index in [1.165, 1.54) is 30.0 Å². The van der Waals surface area contributed by atoms with E-state index >= 15 is 0 Å². The largest absolute Gasteiger partial charge is 0.301 e. The summed E-state index contributed by atoms with van der Waals surface area (Å²) in [4.78, 5) is 2.59. The number of nitrogens with zero attached hydrogens (tertiary/aromatic N) is 2. The molecule has 4 heteroatoms. The number of hydrogen-bond donors (Lipinski definition) is 0. The lowest BCUT2D eigenvalue weighted by atomic mass is 9.78. The summed E-state index contributed by atoms with van der Waals surface area (Å²) < 4.78 is 0. The van der Waals surface area contributed by atoms with Crippen LogP contribution in [0.25, 0.3) is 0 Å². The summed E-state index contributed by atoms with van der Waals surface area (Å²) in [6.07, 6.45) is 4.43. The van der Waals surface area contributed by atoms with Gasteiger partial charge in [0.25, 0.3) is 0 Å². The highest BCUT2D eigenvalue weighted by atomic mass is 35.5. The van der Waals surface area contributed by atoms with E-state index in [0.717, 1.165) is 32.4 Å². The van der Waals surface area contributed by atoms with Crippen LogP contribution in [0.15, 0.2) is 54.6 Å². The Hall–Kier alpha value is -1.53. The van der Waals surface area contributed by atoms with Gasteiger partial charge in [-0.3, -0.25) is 0 Å². The molecule has 2 aromatic carbocycles. The first-order valence-corrected chi connectivity index (χ1v) is 11.8. The van der Waals surface area contributed by atoms with Crippen LogP contribution >= 0.6 is 23.2 Å². The zero-order chi connectivity index (χ0) is 21.9. The topological polar surface area (TPSA) is 27.0 Å². The van der Waals surface area contributed by atoms with E-state index in [9.17, 15) is 0 Å². The maximum Gasteiger partial charge on any atom is 0.0587 e. The second kappa shape index (κ2) is 13.0.